The van der Waals surface area contributed by atoms with E-state index in [1.165, 1.54) is 0 Å². The van der Waals surface area contributed by atoms with Crippen molar-refractivity contribution >= 4 is 15.8 Å². The molecule has 1 saturated heterocycles. The number of carboxylic acid groups (broad SMARTS) is 1. The van der Waals surface area contributed by atoms with Gasteiger partial charge in [-0.1, -0.05) is 13.8 Å². The molecule has 112 valence electrons. The topological polar surface area (TPSA) is 83.9 Å². The summed E-state index contributed by atoms with van der Waals surface area (Å²) >= 11 is 0. The number of carboxylic acids is 1. The zero-order chi connectivity index (χ0) is 14.5. The summed E-state index contributed by atoms with van der Waals surface area (Å²) in [5.74, 6) is -1.04. The van der Waals surface area contributed by atoms with Crippen molar-refractivity contribution in [3.63, 3.8) is 0 Å². The van der Waals surface area contributed by atoms with Crippen molar-refractivity contribution in [2.45, 2.75) is 26.3 Å². The lowest BCUT2D eigenvalue weighted by atomic mass is 10.0. The fraction of sp³-hybridized carbons (Fsp3) is 0.917. The number of rotatable bonds is 8. The van der Waals surface area contributed by atoms with Crippen LogP contribution < -0.4 is 0 Å². The molecule has 1 fully saturated rings. The predicted octanol–water partition coefficient (Wildman–Crippen LogP) is 0.233. The van der Waals surface area contributed by atoms with Gasteiger partial charge in [0, 0.05) is 11.8 Å². The number of ether oxygens (including phenoxy) is 1. The number of carbonyl (C=O) groups is 1. The van der Waals surface area contributed by atoms with E-state index in [9.17, 15) is 13.2 Å². The Bertz CT molecular complexity index is 395. The molecule has 1 heterocycles. The highest BCUT2D eigenvalue weighted by molar-refractivity contribution is 7.91. The van der Waals surface area contributed by atoms with Gasteiger partial charge in [0.2, 0.25) is 0 Å². The number of hydrogen-bond donors (Lipinski definition) is 1. The van der Waals surface area contributed by atoms with E-state index in [4.69, 9.17) is 9.84 Å². The molecule has 7 heteroatoms. The molecule has 1 aliphatic heterocycles. The quantitative estimate of drug-likeness (QED) is 0.690. The average molecular weight is 293 g/mol. The molecule has 0 aromatic rings. The number of nitrogens with zero attached hydrogens (tertiary/aromatic N) is 1. The first-order chi connectivity index (χ1) is 8.91. The lowest BCUT2D eigenvalue weighted by molar-refractivity contribution is -0.143. The van der Waals surface area contributed by atoms with Gasteiger partial charge < -0.3 is 9.84 Å². The normalized spacial score (nSPS) is 23.9. The van der Waals surface area contributed by atoms with Crippen molar-refractivity contribution in [2.75, 3.05) is 37.8 Å². The summed E-state index contributed by atoms with van der Waals surface area (Å²) in [7, 11) is -2.95. The van der Waals surface area contributed by atoms with Gasteiger partial charge in [-0.05, 0) is 19.5 Å². The van der Waals surface area contributed by atoms with Gasteiger partial charge in [-0.25, -0.2) is 8.42 Å². The Morgan fingerprint density at radius 2 is 2.05 bits per heavy atom. The van der Waals surface area contributed by atoms with Crippen LogP contribution in [0.5, 0.6) is 0 Å². The van der Waals surface area contributed by atoms with Gasteiger partial charge in [0.25, 0.3) is 0 Å². The zero-order valence-corrected chi connectivity index (χ0v) is 12.4. The van der Waals surface area contributed by atoms with Crippen molar-refractivity contribution in [3.05, 3.63) is 0 Å². The molecule has 0 aromatic carbocycles. The van der Waals surface area contributed by atoms with E-state index in [-0.39, 0.29) is 24.2 Å². The van der Waals surface area contributed by atoms with E-state index in [0.717, 1.165) is 0 Å². The molecule has 0 aliphatic carbocycles. The third-order valence-electron chi connectivity index (χ3n) is 3.58. The summed E-state index contributed by atoms with van der Waals surface area (Å²) in [6.07, 6.45) is 0.535. The van der Waals surface area contributed by atoms with Crippen molar-refractivity contribution in [1.82, 2.24) is 4.90 Å². The van der Waals surface area contributed by atoms with Gasteiger partial charge in [-0.3, -0.25) is 9.69 Å². The number of hydrogen-bond acceptors (Lipinski definition) is 5. The van der Waals surface area contributed by atoms with E-state index in [0.29, 0.717) is 26.1 Å². The van der Waals surface area contributed by atoms with Crippen molar-refractivity contribution in [1.29, 1.82) is 0 Å². The molecule has 1 aliphatic rings. The Balaban J connectivity index is 2.51. The smallest absolute Gasteiger partial charge is 0.310 e. The van der Waals surface area contributed by atoms with Crippen LogP contribution in [0, 0.1) is 5.92 Å². The molecular weight excluding hydrogens is 270 g/mol. The second-order valence-electron chi connectivity index (χ2n) is 4.77. The number of sulfone groups is 1. The molecule has 0 amide bonds. The van der Waals surface area contributed by atoms with Crippen molar-refractivity contribution in [2.24, 2.45) is 5.92 Å². The third kappa shape index (κ3) is 4.74. The van der Waals surface area contributed by atoms with Gasteiger partial charge in [-0.15, -0.1) is 0 Å². The van der Waals surface area contributed by atoms with E-state index in [1.807, 2.05) is 11.8 Å². The minimum absolute atomic E-state index is 0.146. The molecular formula is C12H23NO5S. The van der Waals surface area contributed by atoms with Gasteiger partial charge in [0.05, 0.1) is 24.9 Å². The highest BCUT2D eigenvalue weighted by Gasteiger charge is 2.37. The maximum absolute atomic E-state index is 11.4. The lowest BCUT2D eigenvalue weighted by Crippen LogP contribution is -2.43. The molecule has 19 heavy (non-hydrogen) atoms. The SMILES string of the molecule is CCN(CCCS(=O)(=O)CC)C1COCC1C(=O)O. The van der Waals surface area contributed by atoms with E-state index < -0.39 is 21.7 Å². The standard InChI is InChI=1S/C12H23NO5S/c1-3-13(6-5-7-19(16,17)4-2)11-9-18-8-10(11)12(14)15/h10-11H,3-9H2,1-2H3,(H,14,15). The van der Waals surface area contributed by atoms with Crippen LogP contribution in [0.2, 0.25) is 0 Å². The molecule has 2 atom stereocenters. The van der Waals surface area contributed by atoms with Crippen LogP contribution >= 0.6 is 0 Å². The molecule has 6 nitrogen and oxygen atoms in total. The highest BCUT2D eigenvalue weighted by Crippen LogP contribution is 2.20. The van der Waals surface area contributed by atoms with Crippen LogP contribution in [0.3, 0.4) is 0 Å². The average Bonchev–Trinajstić information content (AvgIpc) is 2.84. The molecule has 1 rings (SSSR count). The Morgan fingerprint density at radius 1 is 1.37 bits per heavy atom. The fourth-order valence-electron chi connectivity index (χ4n) is 2.33. The first kappa shape index (κ1) is 16.4. The summed E-state index contributed by atoms with van der Waals surface area (Å²) in [5, 5.41) is 9.12. The van der Waals surface area contributed by atoms with Gasteiger partial charge in [-0.2, -0.15) is 0 Å². The van der Waals surface area contributed by atoms with E-state index in [2.05, 4.69) is 0 Å². The third-order valence-corrected chi connectivity index (χ3v) is 5.37. The van der Waals surface area contributed by atoms with Crippen LogP contribution in [0.25, 0.3) is 0 Å². The first-order valence-corrected chi connectivity index (χ1v) is 8.48. The molecule has 0 saturated carbocycles. The van der Waals surface area contributed by atoms with Crippen LogP contribution in [-0.2, 0) is 19.4 Å². The van der Waals surface area contributed by atoms with Gasteiger partial charge in [0.15, 0.2) is 0 Å². The summed E-state index contributed by atoms with van der Waals surface area (Å²) < 4.78 is 28.1. The first-order valence-electron chi connectivity index (χ1n) is 6.66. The lowest BCUT2D eigenvalue weighted by Gasteiger charge is -2.28. The second-order valence-corrected chi connectivity index (χ2v) is 7.24. The predicted molar refractivity (Wildman–Crippen MR) is 71.9 cm³/mol. The van der Waals surface area contributed by atoms with Gasteiger partial charge >= 0.3 is 5.97 Å². The van der Waals surface area contributed by atoms with Gasteiger partial charge in [0.1, 0.15) is 9.84 Å². The maximum Gasteiger partial charge on any atom is 0.310 e. The Kier molecular flexibility index (Phi) is 6.22. The highest BCUT2D eigenvalue weighted by atomic mass is 32.2. The largest absolute Gasteiger partial charge is 0.481 e. The minimum Gasteiger partial charge on any atom is -0.481 e. The molecule has 0 bridgehead atoms. The van der Waals surface area contributed by atoms with Crippen LogP contribution in [-0.4, -0.2) is 68.2 Å². The summed E-state index contributed by atoms with van der Waals surface area (Å²) in [4.78, 5) is 13.1. The van der Waals surface area contributed by atoms with E-state index >= 15 is 0 Å². The van der Waals surface area contributed by atoms with Crippen molar-refractivity contribution in [3.8, 4) is 0 Å². The number of likely N-dealkylation sites (N-methyl/N-ethyl adjacent to an activating group) is 1. The van der Waals surface area contributed by atoms with Crippen LogP contribution in [0.15, 0.2) is 0 Å². The van der Waals surface area contributed by atoms with Crippen molar-refractivity contribution < 1.29 is 23.1 Å². The second kappa shape index (κ2) is 7.21. The van der Waals surface area contributed by atoms with E-state index in [1.54, 1.807) is 6.92 Å². The maximum atomic E-state index is 11.4. The molecule has 2 unspecified atom stereocenters. The summed E-state index contributed by atoms with van der Waals surface area (Å²) in [6.45, 7) is 5.52. The Morgan fingerprint density at radius 3 is 2.58 bits per heavy atom. The molecule has 0 spiro atoms. The Hall–Kier alpha value is -0.660. The zero-order valence-electron chi connectivity index (χ0n) is 11.5. The fourth-order valence-corrected chi connectivity index (χ4v) is 3.19. The molecule has 0 radical (unpaired) electrons. The van der Waals surface area contributed by atoms with Crippen LogP contribution in [0.1, 0.15) is 20.3 Å². The summed E-state index contributed by atoms with van der Waals surface area (Å²) in [6, 6.07) is -0.146. The summed E-state index contributed by atoms with van der Waals surface area (Å²) in [5.41, 5.74) is 0. The molecule has 1 N–H and O–H groups in total. The molecule has 0 aromatic heterocycles. The Labute approximate surface area is 114 Å². The monoisotopic (exact) mass is 293 g/mol. The number of aliphatic carboxylic acids is 1. The van der Waals surface area contributed by atoms with Crippen LogP contribution in [0.4, 0.5) is 0 Å². The minimum atomic E-state index is -2.95.